The summed E-state index contributed by atoms with van der Waals surface area (Å²) in [5, 5.41) is 3.31. The molecule has 1 amide bonds. The van der Waals surface area contributed by atoms with Gasteiger partial charge in [-0.1, -0.05) is 38.1 Å². The van der Waals surface area contributed by atoms with Crippen LogP contribution in [0.15, 0.2) is 48.5 Å². The van der Waals surface area contributed by atoms with Crippen molar-refractivity contribution in [3.63, 3.8) is 0 Å². The summed E-state index contributed by atoms with van der Waals surface area (Å²) < 4.78 is 5.75. The summed E-state index contributed by atoms with van der Waals surface area (Å²) in [6, 6.07) is 15.4. The quantitative estimate of drug-likeness (QED) is 0.769. The number of hydrogen-bond acceptors (Lipinski definition) is 3. The van der Waals surface area contributed by atoms with E-state index in [4.69, 9.17) is 17.0 Å². The van der Waals surface area contributed by atoms with Gasteiger partial charge in [-0.2, -0.15) is 0 Å². The fraction of sp³-hybridized carbons (Fsp3) is 0.364. The van der Waals surface area contributed by atoms with Crippen LogP contribution in [-0.4, -0.2) is 24.2 Å². The summed E-state index contributed by atoms with van der Waals surface area (Å²) in [7, 11) is 0. The lowest BCUT2D eigenvalue weighted by Gasteiger charge is -2.31. The molecule has 5 heteroatoms. The van der Waals surface area contributed by atoms with Crippen LogP contribution in [0.5, 0.6) is 5.75 Å². The average Bonchev–Trinajstić information content (AvgIpc) is 2.67. The molecule has 142 valence electrons. The Hall–Kier alpha value is -2.40. The molecule has 27 heavy (non-hydrogen) atoms. The number of para-hydroxylation sites is 1. The van der Waals surface area contributed by atoms with Crippen LogP contribution < -0.4 is 15.0 Å². The number of rotatable bonds is 5. The van der Waals surface area contributed by atoms with Crippen LogP contribution in [0, 0.1) is 5.92 Å². The van der Waals surface area contributed by atoms with Gasteiger partial charge in [-0.25, -0.2) is 0 Å². The Balaban J connectivity index is 1.65. The van der Waals surface area contributed by atoms with Crippen LogP contribution in [0.4, 0.5) is 5.69 Å². The summed E-state index contributed by atoms with van der Waals surface area (Å²) in [6.07, 6.45) is 3.04. The van der Waals surface area contributed by atoms with Crippen molar-refractivity contribution in [2.75, 3.05) is 18.1 Å². The van der Waals surface area contributed by atoms with Crippen molar-refractivity contribution in [3.8, 4) is 5.75 Å². The first-order valence-electron chi connectivity index (χ1n) is 9.48. The van der Waals surface area contributed by atoms with E-state index >= 15 is 0 Å². The molecule has 0 spiro atoms. The highest BCUT2D eigenvalue weighted by atomic mass is 32.1. The number of nitrogens with one attached hydrogen (secondary N) is 1. The number of amides is 1. The Kier molecular flexibility index (Phi) is 6.45. The molecule has 2 aromatic rings. The predicted molar refractivity (Wildman–Crippen MR) is 114 cm³/mol. The number of benzene rings is 2. The van der Waals surface area contributed by atoms with Crippen molar-refractivity contribution in [1.82, 2.24) is 5.32 Å². The van der Waals surface area contributed by atoms with Crippen molar-refractivity contribution in [2.45, 2.75) is 33.1 Å². The fourth-order valence-corrected chi connectivity index (χ4v) is 3.40. The summed E-state index contributed by atoms with van der Waals surface area (Å²) >= 11 is 5.52. The maximum Gasteiger partial charge on any atom is 0.257 e. The zero-order valence-corrected chi connectivity index (χ0v) is 16.7. The molecule has 4 nitrogen and oxygen atoms in total. The smallest absolute Gasteiger partial charge is 0.257 e. The Morgan fingerprint density at radius 2 is 2.04 bits per heavy atom. The van der Waals surface area contributed by atoms with Crippen LogP contribution >= 0.6 is 12.2 Å². The molecule has 2 aromatic carbocycles. The minimum Gasteiger partial charge on any atom is -0.494 e. The number of thiocarbonyl (C=S) groups is 1. The third kappa shape index (κ3) is 5.07. The van der Waals surface area contributed by atoms with E-state index in [1.807, 2.05) is 29.2 Å². The van der Waals surface area contributed by atoms with Gasteiger partial charge in [-0.3, -0.25) is 10.1 Å². The summed E-state index contributed by atoms with van der Waals surface area (Å²) in [5.74, 6) is 1.08. The minimum atomic E-state index is -0.211. The van der Waals surface area contributed by atoms with Gasteiger partial charge in [0.15, 0.2) is 5.11 Å². The Morgan fingerprint density at radius 1 is 1.22 bits per heavy atom. The molecule has 1 N–H and O–H groups in total. The number of carbonyl (C=O) groups excluding carboxylic acids is 1. The van der Waals surface area contributed by atoms with E-state index in [-0.39, 0.29) is 5.91 Å². The van der Waals surface area contributed by atoms with E-state index in [2.05, 4.69) is 31.3 Å². The third-order valence-electron chi connectivity index (χ3n) is 4.64. The van der Waals surface area contributed by atoms with Gasteiger partial charge in [0.05, 0.1) is 6.61 Å². The number of hydrogen-bond donors (Lipinski definition) is 1. The van der Waals surface area contributed by atoms with Crippen LogP contribution in [0.3, 0.4) is 0 Å². The maximum absolute atomic E-state index is 12.7. The van der Waals surface area contributed by atoms with Crippen molar-refractivity contribution in [1.29, 1.82) is 0 Å². The first-order chi connectivity index (χ1) is 13.0. The molecule has 0 aromatic heterocycles. The number of carbonyl (C=O) groups is 1. The highest BCUT2D eigenvalue weighted by Crippen LogP contribution is 2.26. The summed E-state index contributed by atoms with van der Waals surface area (Å²) in [6.45, 7) is 5.78. The van der Waals surface area contributed by atoms with Gasteiger partial charge in [-0.15, -0.1) is 0 Å². The van der Waals surface area contributed by atoms with E-state index < -0.39 is 0 Å². The van der Waals surface area contributed by atoms with Gasteiger partial charge in [0.25, 0.3) is 5.91 Å². The molecule has 0 atom stereocenters. The van der Waals surface area contributed by atoms with E-state index in [9.17, 15) is 4.79 Å². The zero-order chi connectivity index (χ0) is 19.2. The lowest BCUT2D eigenvalue weighted by Crippen LogP contribution is -2.45. The molecule has 0 bridgehead atoms. The van der Waals surface area contributed by atoms with Crippen molar-refractivity contribution in [3.05, 3.63) is 59.7 Å². The fourth-order valence-electron chi connectivity index (χ4n) is 3.12. The largest absolute Gasteiger partial charge is 0.494 e. The maximum atomic E-state index is 12.7. The van der Waals surface area contributed by atoms with Gasteiger partial charge < -0.3 is 9.64 Å². The highest BCUT2D eigenvalue weighted by molar-refractivity contribution is 7.80. The molecule has 1 aliphatic heterocycles. The van der Waals surface area contributed by atoms with Crippen molar-refractivity contribution >= 4 is 28.9 Å². The second-order valence-corrected chi connectivity index (χ2v) is 7.59. The minimum absolute atomic E-state index is 0.211. The lowest BCUT2D eigenvalue weighted by molar-refractivity contribution is 0.0976. The topological polar surface area (TPSA) is 41.6 Å². The zero-order valence-electron chi connectivity index (χ0n) is 15.9. The lowest BCUT2D eigenvalue weighted by atomic mass is 10.0. The molecule has 0 fully saturated rings. The molecule has 0 aliphatic carbocycles. The molecule has 1 aliphatic rings. The second-order valence-electron chi connectivity index (χ2n) is 7.20. The van der Waals surface area contributed by atoms with Crippen LogP contribution in [0.2, 0.25) is 0 Å². The van der Waals surface area contributed by atoms with E-state index in [1.165, 1.54) is 5.56 Å². The molecule has 0 saturated heterocycles. The summed E-state index contributed by atoms with van der Waals surface area (Å²) in [5.41, 5.74) is 2.89. The van der Waals surface area contributed by atoms with Crippen molar-refractivity contribution in [2.24, 2.45) is 5.92 Å². The van der Waals surface area contributed by atoms with Gasteiger partial charge in [0.2, 0.25) is 0 Å². The number of aryl methyl sites for hydroxylation is 1. The number of fused-ring (bicyclic) bond motifs is 1. The van der Waals surface area contributed by atoms with Crippen LogP contribution in [-0.2, 0) is 6.42 Å². The first kappa shape index (κ1) is 19.4. The summed E-state index contributed by atoms with van der Waals surface area (Å²) in [4.78, 5) is 14.7. The molecule has 0 saturated carbocycles. The van der Waals surface area contributed by atoms with Crippen LogP contribution in [0.25, 0.3) is 0 Å². The SMILES string of the molecule is CC(C)CCOc1cccc(C(=O)NC(=S)N2CCCc3ccccc32)c1. The monoisotopic (exact) mass is 382 g/mol. The molecule has 1 heterocycles. The van der Waals surface area contributed by atoms with Crippen molar-refractivity contribution < 1.29 is 9.53 Å². The Bertz CT molecular complexity index is 819. The van der Waals surface area contributed by atoms with Crippen LogP contribution in [0.1, 0.15) is 42.6 Å². The molecule has 0 radical (unpaired) electrons. The number of nitrogens with zero attached hydrogens (tertiary/aromatic N) is 1. The van der Waals surface area contributed by atoms with E-state index in [0.29, 0.717) is 29.0 Å². The molecular formula is C22H26N2O2S. The van der Waals surface area contributed by atoms with Gasteiger partial charge in [0, 0.05) is 17.8 Å². The molecule has 3 rings (SSSR count). The standard InChI is InChI=1S/C22H26N2O2S/c1-16(2)12-14-26-19-10-5-8-18(15-19)21(25)23-22(27)24-13-6-9-17-7-3-4-11-20(17)24/h3-5,7-8,10-11,15-16H,6,9,12-14H2,1-2H3,(H,23,25,27). The molecule has 0 unspecified atom stereocenters. The van der Waals surface area contributed by atoms with Gasteiger partial charge >= 0.3 is 0 Å². The highest BCUT2D eigenvalue weighted by Gasteiger charge is 2.21. The van der Waals surface area contributed by atoms with E-state index in [0.717, 1.165) is 31.5 Å². The number of ether oxygens (including phenoxy) is 1. The number of anilines is 1. The van der Waals surface area contributed by atoms with E-state index in [1.54, 1.807) is 12.1 Å². The van der Waals surface area contributed by atoms with Gasteiger partial charge in [-0.05, 0) is 67.2 Å². The van der Waals surface area contributed by atoms with Gasteiger partial charge in [0.1, 0.15) is 5.75 Å². The Morgan fingerprint density at radius 3 is 2.85 bits per heavy atom. The average molecular weight is 383 g/mol. The molecular weight excluding hydrogens is 356 g/mol. The first-order valence-corrected chi connectivity index (χ1v) is 9.89. The second kappa shape index (κ2) is 9.00. The Labute approximate surface area is 166 Å². The predicted octanol–water partition coefficient (Wildman–Crippen LogP) is 4.58. The normalized spacial score (nSPS) is 13.2. The third-order valence-corrected chi connectivity index (χ3v) is 4.96.